The maximum atomic E-state index is 11.4. The van der Waals surface area contributed by atoms with Crippen LogP contribution in [-0.2, 0) is 9.53 Å². The number of halogens is 1. The summed E-state index contributed by atoms with van der Waals surface area (Å²) in [5.41, 5.74) is 2.83. The third kappa shape index (κ3) is 2.65. The Labute approximate surface area is 112 Å². The summed E-state index contributed by atoms with van der Waals surface area (Å²) in [4.78, 5) is 11.4. The zero-order valence-electron chi connectivity index (χ0n) is 10.4. The van der Waals surface area contributed by atoms with Crippen LogP contribution in [0.25, 0.3) is 5.03 Å². The molecule has 2 rings (SSSR count). The molecule has 0 radical (unpaired) electrons. The second-order valence-electron chi connectivity index (χ2n) is 4.39. The molecule has 1 aliphatic rings. The number of carbonyl (C=O) groups excluding carboxylic acids is 1. The Morgan fingerprint density at radius 2 is 2.00 bits per heavy atom. The van der Waals surface area contributed by atoms with Gasteiger partial charge in [0.25, 0.3) is 0 Å². The Bertz CT molecular complexity index is 515. The summed E-state index contributed by atoms with van der Waals surface area (Å²) in [6, 6.07) is 9.68. The lowest BCUT2D eigenvalue weighted by Gasteiger charge is -2.24. The van der Waals surface area contributed by atoms with Crippen LogP contribution in [0.2, 0.25) is 0 Å². The average Bonchev–Trinajstić information content (AvgIpc) is 2.41. The van der Waals surface area contributed by atoms with Crippen LogP contribution in [0.1, 0.15) is 25.8 Å². The van der Waals surface area contributed by atoms with Gasteiger partial charge in [0.1, 0.15) is 6.10 Å². The minimum atomic E-state index is -0.334. The first-order valence-electron chi connectivity index (χ1n) is 5.87. The fourth-order valence-electron chi connectivity index (χ4n) is 1.98. The van der Waals surface area contributed by atoms with Crippen LogP contribution in [-0.4, -0.2) is 12.1 Å². The molecule has 3 heteroatoms. The highest BCUT2D eigenvalue weighted by Gasteiger charge is 2.24. The van der Waals surface area contributed by atoms with Crippen LogP contribution in [0.3, 0.4) is 0 Å². The molecule has 0 spiro atoms. The van der Waals surface area contributed by atoms with Gasteiger partial charge < -0.3 is 4.74 Å². The van der Waals surface area contributed by atoms with Crippen molar-refractivity contribution < 1.29 is 9.53 Å². The van der Waals surface area contributed by atoms with Gasteiger partial charge >= 0.3 is 5.97 Å². The Hall–Kier alpha value is -1.54. The number of rotatable bonds is 2. The van der Waals surface area contributed by atoms with Gasteiger partial charge in [-0.15, -0.1) is 0 Å². The van der Waals surface area contributed by atoms with E-state index in [9.17, 15) is 4.79 Å². The molecule has 1 atom stereocenters. The Kier molecular flexibility index (Phi) is 3.87. The van der Waals surface area contributed by atoms with Crippen molar-refractivity contribution in [2.45, 2.75) is 26.4 Å². The number of cyclic esters (lactones) is 1. The van der Waals surface area contributed by atoms with Crippen LogP contribution in [0.5, 0.6) is 0 Å². The minimum absolute atomic E-state index is 0.206. The standard InChI is InChI=1S/C15H15ClO2/c1-10-8-9-13(17)18-15(10)11(2)14(16)12-6-4-3-5-7-12/h3-8,15H,9H2,1-2H3/b14-11-. The summed E-state index contributed by atoms with van der Waals surface area (Å²) in [7, 11) is 0. The van der Waals surface area contributed by atoms with Gasteiger partial charge in [-0.05, 0) is 30.6 Å². The SMILES string of the molecule is CC1=CCC(=O)OC1/C(C)=C(\Cl)c1ccccc1. The summed E-state index contributed by atoms with van der Waals surface area (Å²) >= 11 is 6.36. The summed E-state index contributed by atoms with van der Waals surface area (Å²) < 4.78 is 5.35. The zero-order chi connectivity index (χ0) is 13.1. The highest BCUT2D eigenvalue weighted by atomic mass is 35.5. The lowest BCUT2D eigenvalue weighted by Crippen LogP contribution is -2.24. The molecule has 94 valence electrons. The molecule has 0 fully saturated rings. The van der Waals surface area contributed by atoms with E-state index in [1.54, 1.807) is 0 Å². The van der Waals surface area contributed by atoms with Gasteiger partial charge in [-0.1, -0.05) is 48.0 Å². The lowest BCUT2D eigenvalue weighted by atomic mass is 9.99. The largest absolute Gasteiger partial charge is 0.453 e. The van der Waals surface area contributed by atoms with Crippen molar-refractivity contribution in [3.05, 3.63) is 53.1 Å². The Balaban J connectivity index is 2.35. The van der Waals surface area contributed by atoms with Gasteiger partial charge in [0.15, 0.2) is 0 Å². The van der Waals surface area contributed by atoms with Crippen molar-refractivity contribution in [3.8, 4) is 0 Å². The van der Waals surface area contributed by atoms with Crippen LogP contribution < -0.4 is 0 Å². The normalized spacial score (nSPS) is 20.9. The van der Waals surface area contributed by atoms with E-state index in [2.05, 4.69) is 0 Å². The van der Waals surface area contributed by atoms with E-state index in [1.165, 1.54) is 0 Å². The predicted octanol–water partition coefficient (Wildman–Crippen LogP) is 3.92. The molecule has 0 saturated carbocycles. The monoisotopic (exact) mass is 262 g/mol. The van der Waals surface area contributed by atoms with Crippen LogP contribution in [0, 0.1) is 0 Å². The maximum absolute atomic E-state index is 11.4. The second-order valence-corrected chi connectivity index (χ2v) is 4.76. The van der Waals surface area contributed by atoms with Crippen molar-refractivity contribution in [1.29, 1.82) is 0 Å². The van der Waals surface area contributed by atoms with E-state index in [0.717, 1.165) is 16.7 Å². The molecule has 1 heterocycles. The van der Waals surface area contributed by atoms with Crippen molar-refractivity contribution in [3.63, 3.8) is 0 Å². The van der Waals surface area contributed by atoms with Crippen molar-refractivity contribution in [1.82, 2.24) is 0 Å². The third-order valence-electron chi connectivity index (χ3n) is 3.02. The van der Waals surface area contributed by atoms with E-state index < -0.39 is 0 Å². The first-order chi connectivity index (χ1) is 8.59. The van der Waals surface area contributed by atoms with Gasteiger partial charge in [0.05, 0.1) is 11.5 Å². The molecule has 1 unspecified atom stereocenters. The molecule has 1 aliphatic heterocycles. The van der Waals surface area contributed by atoms with E-state index in [0.29, 0.717) is 11.5 Å². The van der Waals surface area contributed by atoms with Crippen molar-refractivity contribution >= 4 is 22.6 Å². The molecule has 2 nitrogen and oxygen atoms in total. The van der Waals surface area contributed by atoms with Gasteiger partial charge in [-0.2, -0.15) is 0 Å². The summed E-state index contributed by atoms with van der Waals surface area (Å²) in [6.45, 7) is 3.85. The first-order valence-corrected chi connectivity index (χ1v) is 6.25. The predicted molar refractivity (Wildman–Crippen MR) is 73.1 cm³/mol. The fourth-order valence-corrected chi connectivity index (χ4v) is 2.21. The first kappa shape index (κ1) is 12.9. The number of ether oxygens (including phenoxy) is 1. The summed E-state index contributed by atoms with van der Waals surface area (Å²) in [5.74, 6) is -0.206. The van der Waals surface area contributed by atoms with Gasteiger partial charge in [-0.25, -0.2) is 0 Å². The van der Waals surface area contributed by atoms with E-state index in [1.807, 2.05) is 50.3 Å². The lowest BCUT2D eigenvalue weighted by molar-refractivity contribution is -0.145. The number of hydrogen-bond donors (Lipinski definition) is 0. The van der Waals surface area contributed by atoms with Crippen molar-refractivity contribution in [2.24, 2.45) is 0 Å². The molecule has 18 heavy (non-hydrogen) atoms. The molecule has 1 aromatic rings. The molecular formula is C15H15ClO2. The third-order valence-corrected chi connectivity index (χ3v) is 3.54. The second kappa shape index (κ2) is 5.40. The van der Waals surface area contributed by atoms with Gasteiger partial charge in [-0.3, -0.25) is 4.79 Å². The number of carbonyl (C=O) groups is 1. The van der Waals surface area contributed by atoms with Crippen molar-refractivity contribution in [2.75, 3.05) is 0 Å². The number of esters is 1. The minimum Gasteiger partial charge on any atom is -0.453 e. The van der Waals surface area contributed by atoms with E-state index in [4.69, 9.17) is 16.3 Å². The highest BCUT2D eigenvalue weighted by molar-refractivity contribution is 6.49. The van der Waals surface area contributed by atoms with Crippen LogP contribution in [0.4, 0.5) is 0 Å². The van der Waals surface area contributed by atoms with Crippen LogP contribution >= 0.6 is 11.6 Å². The summed E-state index contributed by atoms with van der Waals surface area (Å²) in [6.07, 6.45) is 1.91. The molecule has 0 amide bonds. The smallest absolute Gasteiger partial charge is 0.310 e. The molecule has 0 aliphatic carbocycles. The number of benzene rings is 1. The van der Waals surface area contributed by atoms with Gasteiger partial charge in [0.2, 0.25) is 0 Å². The number of hydrogen-bond acceptors (Lipinski definition) is 2. The van der Waals surface area contributed by atoms with E-state index >= 15 is 0 Å². The Morgan fingerprint density at radius 3 is 2.67 bits per heavy atom. The maximum Gasteiger partial charge on any atom is 0.310 e. The topological polar surface area (TPSA) is 26.3 Å². The highest BCUT2D eigenvalue weighted by Crippen LogP contribution is 2.30. The Morgan fingerprint density at radius 1 is 1.33 bits per heavy atom. The molecule has 1 aromatic carbocycles. The zero-order valence-corrected chi connectivity index (χ0v) is 11.2. The molecule has 0 aromatic heterocycles. The molecular weight excluding hydrogens is 248 g/mol. The molecule has 0 N–H and O–H groups in total. The quantitative estimate of drug-likeness (QED) is 0.596. The van der Waals surface area contributed by atoms with Crippen LogP contribution in [0.15, 0.2) is 47.6 Å². The molecule has 0 saturated heterocycles. The fraction of sp³-hybridized carbons (Fsp3) is 0.267. The molecule has 0 bridgehead atoms. The average molecular weight is 263 g/mol. The summed E-state index contributed by atoms with van der Waals surface area (Å²) in [5, 5.41) is 0.642. The van der Waals surface area contributed by atoms with Gasteiger partial charge in [0, 0.05) is 0 Å². The van der Waals surface area contributed by atoms with E-state index in [-0.39, 0.29) is 12.1 Å².